The summed E-state index contributed by atoms with van der Waals surface area (Å²) < 4.78 is 2.01. The van der Waals surface area contributed by atoms with E-state index in [1.807, 2.05) is 23.9 Å². The number of imidazole rings is 1. The van der Waals surface area contributed by atoms with Crippen molar-refractivity contribution in [1.29, 1.82) is 0 Å². The van der Waals surface area contributed by atoms with Gasteiger partial charge in [0, 0.05) is 44.3 Å². The molecule has 5 nitrogen and oxygen atoms in total. The molecule has 0 spiro atoms. The number of thiophene rings is 1. The molecule has 6 heteroatoms. The van der Waals surface area contributed by atoms with E-state index in [4.69, 9.17) is 0 Å². The van der Waals surface area contributed by atoms with Crippen molar-refractivity contribution in [2.75, 3.05) is 13.1 Å². The van der Waals surface area contributed by atoms with Gasteiger partial charge in [-0.25, -0.2) is 4.98 Å². The van der Waals surface area contributed by atoms with Gasteiger partial charge in [-0.05, 0) is 11.4 Å². The predicted octanol–water partition coefficient (Wildman–Crippen LogP) is 1.30. The number of nitrogens with one attached hydrogen (secondary N) is 2. The summed E-state index contributed by atoms with van der Waals surface area (Å²) >= 11 is 1.70. The van der Waals surface area contributed by atoms with Crippen LogP contribution in [0.1, 0.15) is 23.7 Å². The van der Waals surface area contributed by atoms with Crippen LogP contribution in [0.25, 0.3) is 0 Å². The van der Waals surface area contributed by atoms with Crippen molar-refractivity contribution in [2.45, 2.75) is 13.0 Å². The zero-order valence-electron chi connectivity index (χ0n) is 11.1. The van der Waals surface area contributed by atoms with Gasteiger partial charge in [0.2, 0.25) is 5.91 Å². The fourth-order valence-corrected chi connectivity index (χ4v) is 2.68. The first-order chi connectivity index (χ1) is 9.18. The topological polar surface area (TPSA) is 59.0 Å². The summed E-state index contributed by atoms with van der Waals surface area (Å²) in [4.78, 5) is 16.5. The molecule has 1 atom stereocenters. The Hall–Kier alpha value is -1.66. The maximum Gasteiger partial charge on any atom is 0.216 e. The normalized spacial score (nSPS) is 12.3. The molecule has 2 rings (SSSR count). The number of rotatable bonds is 6. The highest BCUT2D eigenvalue weighted by atomic mass is 32.1. The summed E-state index contributed by atoms with van der Waals surface area (Å²) in [6.07, 6.45) is 3.73. The van der Waals surface area contributed by atoms with E-state index in [0.29, 0.717) is 13.1 Å². The van der Waals surface area contributed by atoms with Crippen molar-refractivity contribution in [1.82, 2.24) is 20.2 Å². The van der Waals surface area contributed by atoms with Gasteiger partial charge in [-0.15, -0.1) is 11.3 Å². The maximum atomic E-state index is 10.8. The Bertz CT molecular complexity index is 520. The van der Waals surface area contributed by atoms with Gasteiger partial charge in [-0.1, -0.05) is 6.07 Å². The second-order valence-electron chi connectivity index (χ2n) is 4.28. The largest absolute Gasteiger partial charge is 0.355 e. The van der Waals surface area contributed by atoms with Gasteiger partial charge in [0.25, 0.3) is 0 Å². The van der Waals surface area contributed by atoms with Crippen LogP contribution in [0.5, 0.6) is 0 Å². The van der Waals surface area contributed by atoms with E-state index in [1.165, 1.54) is 11.8 Å². The van der Waals surface area contributed by atoms with E-state index in [0.717, 1.165) is 5.82 Å². The number of hydrogen-bond donors (Lipinski definition) is 2. The van der Waals surface area contributed by atoms with Crippen LogP contribution in [0.3, 0.4) is 0 Å². The van der Waals surface area contributed by atoms with Crippen LogP contribution in [0.4, 0.5) is 0 Å². The van der Waals surface area contributed by atoms with E-state index in [1.54, 1.807) is 17.5 Å². The molecule has 1 amide bonds. The smallest absolute Gasteiger partial charge is 0.216 e. The molecule has 102 valence electrons. The summed E-state index contributed by atoms with van der Waals surface area (Å²) in [6.45, 7) is 2.84. The molecule has 2 aromatic rings. The van der Waals surface area contributed by atoms with Crippen LogP contribution in [-0.2, 0) is 11.8 Å². The Labute approximate surface area is 116 Å². The Morgan fingerprint density at radius 2 is 2.37 bits per heavy atom. The zero-order chi connectivity index (χ0) is 13.7. The van der Waals surface area contributed by atoms with Crippen LogP contribution in [0, 0.1) is 0 Å². The Morgan fingerprint density at radius 1 is 1.53 bits per heavy atom. The first-order valence-corrected chi connectivity index (χ1v) is 7.05. The number of aryl methyl sites for hydroxylation is 1. The quantitative estimate of drug-likeness (QED) is 0.783. The molecule has 0 bridgehead atoms. The van der Waals surface area contributed by atoms with Crippen molar-refractivity contribution in [3.8, 4) is 0 Å². The van der Waals surface area contributed by atoms with E-state index < -0.39 is 0 Å². The lowest BCUT2D eigenvalue weighted by molar-refractivity contribution is -0.118. The predicted molar refractivity (Wildman–Crippen MR) is 76.1 cm³/mol. The standard InChI is InChI=1S/C13H18N4OS/c1-10(18)14-5-6-15-12(11-4-3-9-19-11)13-16-7-8-17(13)2/h3-4,7-9,12,15H,5-6H2,1-2H3,(H,14,18). The van der Waals surface area contributed by atoms with Crippen LogP contribution in [0.2, 0.25) is 0 Å². The number of aromatic nitrogens is 2. The molecule has 0 saturated carbocycles. The molecule has 0 aliphatic heterocycles. The number of amides is 1. The highest BCUT2D eigenvalue weighted by molar-refractivity contribution is 7.10. The lowest BCUT2D eigenvalue weighted by Gasteiger charge is -2.17. The number of carbonyl (C=O) groups excluding carboxylic acids is 1. The third-order valence-corrected chi connectivity index (χ3v) is 3.73. The van der Waals surface area contributed by atoms with Crippen molar-refractivity contribution in [3.63, 3.8) is 0 Å². The Balaban J connectivity index is 2.04. The fourth-order valence-electron chi connectivity index (χ4n) is 1.88. The van der Waals surface area contributed by atoms with Gasteiger partial charge < -0.3 is 15.2 Å². The minimum atomic E-state index is -0.00790. The van der Waals surface area contributed by atoms with Crippen LogP contribution < -0.4 is 10.6 Å². The van der Waals surface area contributed by atoms with E-state index in [2.05, 4.69) is 27.1 Å². The van der Waals surface area contributed by atoms with Crippen LogP contribution >= 0.6 is 11.3 Å². The molecular formula is C13H18N4OS. The molecule has 0 aliphatic carbocycles. The Kier molecular flexibility index (Phi) is 4.70. The average Bonchev–Trinajstić information content (AvgIpc) is 3.01. The molecule has 2 N–H and O–H groups in total. The lowest BCUT2D eigenvalue weighted by Crippen LogP contribution is -2.33. The summed E-state index contributed by atoms with van der Waals surface area (Å²) in [6, 6.07) is 4.19. The van der Waals surface area contributed by atoms with E-state index in [-0.39, 0.29) is 11.9 Å². The molecule has 2 heterocycles. The van der Waals surface area contributed by atoms with Gasteiger partial charge in [-0.3, -0.25) is 4.79 Å². The maximum absolute atomic E-state index is 10.8. The molecule has 0 saturated heterocycles. The monoisotopic (exact) mass is 278 g/mol. The summed E-state index contributed by atoms with van der Waals surface area (Å²) in [5.74, 6) is 0.969. The van der Waals surface area contributed by atoms with Gasteiger partial charge in [0.1, 0.15) is 11.9 Å². The zero-order valence-corrected chi connectivity index (χ0v) is 11.9. The van der Waals surface area contributed by atoms with Gasteiger partial charge >= 0.3 is 0 Å². The second kappa shape index (κ2) is 6.49. The third-order valence-electron chi connectivity index (χ3n) is 2.79. The number of carbonyl (C=O) groups is 1. The summed E-state index contributed by atoms with van der Waals surface area (Å²) in [7, 11) is 1.98. The highest BCUT2D eigenvalue weighted by Gasteiger charge is 2.18. The molecule has 0 aliphatic rings. The van der Waals surface area contributed by atoms with E-state index >= 15 is 0 Å². The van der Waals surface area contributed by atoms with Crippen LogP contribution in [-0.4, -0.2) is 28.5 Å². The number of nitrogens with zero attached hydrogens (tertiary/aromatic N) is 2. The molecule has 1 unspecified atom stereocenters. The average molecular weight is 278 g/mol. The van der Waals surface area contributed by atoms with Crippen molar-refractivity contribution in [2.24, 2.45) is 7.05 Å². The van der Waals surface area contributed by atoms with Gasteiger partial charge in [-0.2, -0.15) is 0 Å². The van der Waals surface area contributed by atoms with Crippen molar-refractivity contribution >= 4 is 17.2 Å². The third kappa shape index (κ3) is 3.65. The highest BCUT2D eigenvalue weighted by Crippen LogP contribution is 2.24. The van der Waals surface area contributed by atoms with Crippen LogP contribution in [0.15, 0.2) is 29.9 Å². The van der Waals surface area contributed by atoms with Gasteiger partial charge in [0.05, 0.1) is 0 Å². The minimum Gasteiger partial charge on any atom is -0.355 e. The minimum absolute atomic E-state index is 0.00790. The summed E-state index contributed by atoms with van der Waals surface area (Å²) in [5, 5.41) is 8.27. The van der Waals surface area contributed by atoms with Gasteiger partial charge in [0.15, 0.2) is 0 Å². The molecule has 0 aromatic carbocycles. The fraction of sp³-hybridized carbons (Fsp3) is 0.385. The molecule has 2 aromatic heterocycles. The molecule has 19 heavy (non-hydrogen) atoms. The first kappa shape index (κ1) is 13.8. The molecular weight excluding hydrogens is 260 g/mol. The number of hydrogen-bond acceptors (Lipinski definition) is 4. The van der Waals surface area contributed by atoms with Crippen molar-refractivity contribution < 1.29 is 4.79 Å². The first-order valence-electron chi connectivity index (χ1n) is 6.17. The Morgan fingerprint density at radius 3 is 2.95 bits per heavy atom. The van der Waals surface area contributed by atoms with E-state index in [9.17, 15) is 4.79 Å². The van der Waals surface area contributed by atoms with Crippen molar-refractivity contribution in [3.05, 3.63) is 40.6 Å². The summed E-state index contributed by atoms with van der Waals surface area (Å²) in [5.41, 5.74) is 0. The second-order valence-corrected chi connectivity index (χ2v) is 5.26. The molecule has 0 fully saturated rings. The molecule has 0 radical (unpaired) electrons. The SMILES string of the molecule is CC(=O)NCCNC(c1cccs1)c1nccn1C. The lowest BCUT2D eigenvalue weighted by atomic mass is 10.2.